The summed E-state index contributed by atoms with van der Waals surface area (Å²) in [4.78, 5) is 30.6. The molecule has 0 bridgehead atoms. The van der Waals surface area contributed by atoms with Gasteiger partial charge < -0.3 is 19.9 Å². The lowest BCUT2D eigenvalue weighted by Crippen LogP contribution is -2.40. The van der Waals surface area contributed by atoms with Crippen LogP contribution in [0.5, 0.6) is 0 Å². The molecule has 1 N–H and O–H groups in total. The molecule has 0 aromatic heterocycles. The van der Waals surface area contributed by atoms with Crippen molar-refractivity contribution in [3.05, 3.63) is 59.7 Å². The average molecular weight is 494 g/mol. The molecule has 1 fully saturated rings. The third-order valence-corrected chi connectivity index (χ3v) is 6.57. The summed E-state index contributed by atoms with van der Waals surface area (Å²) in [5.41, 5.74) is 3.74. The van der Waals surface area contributed by atoms with E-state index in [-0.39, 0.29) is 29.3 Å². The highest BCUT2D eigenvalue weighted by Crippen LogP contribution is 2.29. The largest absolute Gasteiger partial charge is 0.377 e. The van der Waals surface area contributed by atoms with Gasteiger partial charge in [0.2, 0.25) is 11.8 Å². The van der Waals surface area contributed by atoms with Gasteiger partial charge in [0.05, 0.1) is 12.0 Å². The molecular weight excluding hydrogens is 450 g/mol. The maximum Gasteiger partial charge on any atom is 0.230 e. The van der Waals surface area contributed by atoms with Gasteiger partial charge in [-0.25, -0.2) is 0 Å². The van der Waals surface area contributed by atoms with Crippen LogP contribution in [0.1, 0.15) is 70.4 Å². The van der Waals surface area contributed by atoms with Crippen molar-refractivity contribution in [3.63, 3.8) is 0 Å². The summed E-state index contributed by atoms with van der Waals surface area (Å²) in [5, 5.41) is 3.05. The summed E-state index contributed by atoms with van der Waals surface area (Å²) >= 11 is 0. The zero-order chi connectivity index (χ0) is 26.3. The van der Waals surface area contributed by atoms with Gasteiger partial charge in [0, 0.05) is 51.6 Å². The summed E-state index contributed by atoms with van der Waals surface area (Å²) < 4.78 is 5.93. The quantitative estimate of drug-likeness (QED) is 0.452. The number of nitrogens with one attached hydrogen (secondary N) is 1. The second-order valence-electron chi connectivity index (χ2n) is 11.2. The second kappa shape index (κ2) is 12.4. The Balaban J connectivity index is 1.90. The number of carbonyl (C=O) groups is 2. The molecule has 2 amide bonds. The molecule has 0 radical (unpaired) electrons. The molecule has 1 aliphatic rings. The van der Waals surface area contributed by atoms with Crippen molar-refractivity contribution in [1.82, 2.24) is 4.90 Å². The molecule has 1 saturated heterocycles. The van der Waals surface area contributed by atoms with Crippen molar-refractivity contribution in [1.29, 1.82) is 0 Å². The third kappa shape index (κ3) is 7.82. The maximum atomic E-state index is 14.0. The molecule has 1 heterocycles. The van der Waals surface area contributed by atoms with Crippen LogP contribution in [0.4, 0.5) is 11.4 Å². The molecule has 2 aromatic rings. The zero-order valence-electron chi connectivity index (χ0n) is 22.8. The highest BCUT2D eigenvalue weighted by atomic mass is 16.5. The Kier molecular flexibility index (Phi) is 9.55. The van der Waals surface area contributed by atoms with E-state index in [1.165, 1.54) is 0 Å². The highest BCUT2D eigenvalue weighted by Gasteiger charge is 2.29. The molecule has 1 aliphatic heterocycles. The number of ether oxygens (including phenoxy) is 1. The van der Waals surface area contributed by atoms with Crippen molar-refractivity contribution in [3.8, 4) is 0 Å². The fraction of sp³-hybridized carbons (Fsp3) is 0.533. The number of nitrogens with zero attached hydrogens (tertiary/aromatic N) is 2. The number of hydrogen-bond acceptors (Lipinski definition) is 4. The molecule has 2 aromatic carbocycles. The second-order valence-corrected chi connectivity index (χ2v) is 11.2. The monoisotopic (exact) mass is 493 g/mol. The molecule has 0 aliphatic carbocycles. The van der Waals surface area contributed by atoms with Crippen LogP contribution < -0.4 is 10.2 Å². The Labute approximate surface area is 217 Å². The molecular formula is C30H43N3O3. The fourth-order valence-electron chi connectivity index (χ4n) is 4.84. The van der Waals surface area contributed by atoms with E-state index in [9.17, 15) is 9.59 Å². The molecule has 0 saturated carbocycles. The lowest BCUT2D eigenvalue weighted by molar-refractivity contribution is -0.135. The third-order valence-electron chi connectivity index (χ3n) is 6.57. The van der Waals surface area contributed by atoms with Crippen molar-refractivity contribution in [2.24, 2.45) is 5.41 Å². The van der Waals surface area contributed by atoms with Crippen LogP contribution in [0, 0.1) is 5.41 Å². The molecule has 0 spiro atoms. The minimum atomic E-state index is -0.204. The number of rotatable bonds is 10. The summed E-state index contributed by atoms with van der Waals surface area (Å²) in [6, 6.07) is 16.0. The van der Waals surface area contributed by atoms with Crippen LogP contribution in [0.25, 0.3) is 0 Å². The van der Waals surface area contributed by atoms with E-state index >= 15 is 0 Å². The van der Waals surface area contributed by atoms with Crippen molar-refractivity contribution in [2.45, 2.75) is 71.9 Å². The lowest BCUT2D eigenvalue weighted by atomic mass is 9.92. The molecule has 36 heavy (non-hydrogen) atoms. The van der Waals surface area contributed by atoms with Gasteiger partial charge in [0.25, 0.3) is 0 Å². The maximum absolute atomic E-state index is 14.0. The summed E-state index contributed by atoms with van der Waals surface area (Å²) in [7, 11) is 4.00. The molecule has 0 unspecified atom stereocenters. The van der Waals surface area contributed by atoms with Crippen LogP contribution in [0.3, 0.4) is 0 Å². The SMILES string of the molecule is CC[C@@H](C(=O)N(Cc1cc(NC(=O)CC(C)(C)C)ccc1N(C)C)C[C@@H]1CCCO1)c1ccccc1. The van der Waals surface area contributed by atoms with E-state index in [2.05, 4.69) is 37.9 Å². The van der Waals surface area contributed by atoms with Crippen LogP contribution >= 0.6 is 0 Å². The fourth-order valence-corrected chi connectivity index (χ4v) is 4.84. The minimum absolute atomic E-state index is 0.00605. The van der Waals surface area contributed by atoms with E-state index < -0.39 is 0 Å². The molecule has 2 atom stereocenters. The first-order valence-electron chi connectivity index (χ1n) is 13.1. The van der Waals surface area contributed by atoms with Gasteiger partial charge >= 0.3 is 0 Å². The topological polar surface area (TPSA) is 61.9 Å². The normalized spacial score (nSPS) is 16.4. The Morgan fingerprint density at radius 3 is 2.42 bits per heavy atom. The Morgan fingerprint density at radius 1 is 1.11 bits per heavy atom. The Hall–Kier alpha value is -2.86. The molecule has 3 rings (SSSR count). The minimum Gasteiger partial charge on any atom is -0.377 e. The van der Waals surface area contributed by atoms with Gasteiger partial charge in [-0.15, -0.1) is 0 Å². The molecule has 196 valence electrons. The van der Waals surface area contributed by atoms with Crippen LogP contribution in [-0.4, -0.2) is 50.1 Å². The Bertz CT molecular complexity index is 1010. The van der Waals surface area contributed by atoms with Crippen molar-refractivity contribution < 1.29 is 14.3 Å². The van der Waals surface area contributed by atoms with E-state index in [0.29, 0.717) is 19.5 Å². The number of carbonyl (C=O) groups excluding carboxylic acids is 2. The van der Waals surface area contributed by atoms with Gasteiger partial charge in [-0.1, -0.05) is 58.0 Å². The van der Waals surface area contributed by atoms with E-state index in [0.717, 1.165) is 48.4 Å². The first kappa shape index (κ1) is 27.7. The number of amides is 2. The van der Waals surface area contributed by atoms with E-state index in [4.69, 9.17) is 4.74 Å². The number of benzene rings is 2. The standard InChI is InChI=1S/C30H43N3O3/c1-7-26(22-12-9-8-10-13-22)29(35)33(21-25-14-11-17-36-25)20-23-18-24(15-16-27(23)32(5)6)31-28(34)19-30(2,3)4/h8-10,12-13,15-16,18,25-26H,7,11,14,17,19-21H2,1-6H3,(H,31,34)/t25-,26+/m0/s1. The van der Waals surface area contributed by atoms with Gasteiger partial charge in [-0.2, -0.15) is 0 Å². The van der Waals surface area contributed by atoms with Gasteiger partial charge in [-0.3, -0.25) is 9.59 Å². The lowest BCUT2D eigenvalue weighted by Gasteiger charge is -2.31. The number of hydrogen-bond donors (Lipinski definition) is 1. The van der Waals surface area contributed by atoms with E-state index in [1.54, 1.807) is 0 Å². The summed E-state index contributed by atoms with van der Waals surface area (Å²) in [5.74, 6) is -0.0929. The van der Waals surface area contributed by atoms with E-state index in [1.807, 2.05) is 67.5 Å². The predicted molar refractivity (Wildman–Crippen MR) is 147 cm³/mol. The smallest absolute Gasteiger partial charge is 0.230 e. The first-order valence-corrected chi connectivity index (χ1v) is 13.1. The van der Waals surface area contributed by atoms with Crippen molar-refractivity contribution in [2.75, 3.05) is 37.5 Å². The molecule has 6 nitrogen and oxygen atoms in total. The zero-order valence-corrected chi connectivity index (χ0v) is 22.8. The van der Waals surface area contributed by atoms with Crippen LogP contribution in [-0.2, 0) is 20.9 Å². The first-order chi connectivity index (χ1) is 17.1. The summed E-state index contributed by atoms with van der Waals surface area (Å²) in [6.07, 6.45) is 3.22. The van der Waals surface area contributed by atoms with Gasteiger partial charge in [0.15, 0.2) is 0 Å². The molecule has 6 heteroatoms. The Morgan fingerprint density at radius 2 is 1.83 bits per heavy atom. The van der Waals surface area contributed by atoms with Gasteiger partial charge in [0.1, 0.15) is 0 Å². The highest BCUT2D eigenvalue weighted by molar-refractivity contribution is 5.91. The van der Waals surface area contributed by atoms with Gasteiger partial charge in [-0.05, 0) is 54.0 Å². The number of anilines is 2. The van der Waals surface area contributed by atoms with Crippen LogP contribution in [0.15, 0.2) is 48.5 Å². The summed E-state index contributed by atoms with van der Waals surface area (Å²) in [6.45, 7) is 10.0. The average Bonchev–Trinajstić information content (AvgIpc) is 3.31. The van der Waals surface area contributed by atoms with Crippen molar-refractivity contribution >= 4 is 23.2 Å². The predicted octanol–water partition coefficient (Wildman–Crippen LogP) is 5.83. The van der Waals surface area contributed by atoms with Crippen LogP contribution in [0.2, 0.25) is 0 Å².